The summed E-state index contributed by atoms with van der Waals surface area (Å²) in [6, 6.07) is 19.0. The Hall–Kier alpha value is -2.57. The number of halogens is 1. The van der Waals surface area contributed by atoms with Crippen LogP contribution in [-0.2, 0) is 6.42 Å². The number of hydrogen-bond donors (Lipinski definition) is 1. The molecule has 0 aliphatic carbocycles. The van der Waals surface area contributed by atoms with Crippen molar-refractivity contribution in [2.45, 2.75) is 16.3 Å². The van der Waals surface area contributed by atoms with E-state index < -0.39 is 0 Å². The van der Waals surface area contributed by atoms with E-state index in [9.17, 15) is 4.79 Å². The quantitative estimate of drug-likeness (QED) is 0.643. The molecular formula is C20H18ClN3O2S. The van der Waals surface area contributed by atoms with Crippen LogP contribution >= 0.6 is 23.4 Å². The van der Waals surface area contributed by atoms with Crippen LogP contribution < -0.4 is 10.1 Å². The number of rotatable bonds is 7. The highest BCUT2D eigenvalue weighted by atomic mass is 35.5. The van der Waals surface area contributed by atoms with Gasteiger partial charge in [-0.1, -0.05) is 59.8 Å². The van der Waals surface area contributed by atoms with Gasteiger partial charge in [-0.25, -0.2) is 0 Å². The van der Waals surface area contributed by atoms with Crippen molar-refractivity contribution < 1.29 is 9.53 Å². The second-order valence-electron chi connectivity index (χ2n) is 5.62. The number of nitrogens with zero attached hydrogens (tertiary/aromatic N) is 2. The summed E-state index contributed by atoms with van der Waals surface area (Å²) in [5.41, 5.74) is 1.44. The number of carbonyl (C=O) groups is 1. The van der Waals surface area contributed by atoms with Crippen molar-refractivity contribution in [1.29, 1.82) is 0 Å². The van der Waals surface area contributed by atoms with E-state index in [4.69, 9.17) is 16.3 Å². The minimum absolute atomic E-state index is 0.183. The Morgan fingerprint density at radius 1 is 1.11 bits per heavy atom. The first kappa shape index (κ1) is 19.2. The second kappa shape index (κ2) is 9.39. The molecule has 0 aliphatic rings. The average Bonchev–Trinajstić information content (AvgIpc) is 2.70. The molecule has 7 heteroatoms. The van der Waals surface area contributed by atoms with Gasteiger partial charge in [0.2, 0.25) is 0 Å². The molecule has 0 bridgehead atoms. The molecule has 0 unspecified atom stereocenters. The van der Waals surface area contributed by atoms with Crippen molar-refractivity contribution in [1.82, 2.24) is 15.5 Å². The Kier molecular flexibility index (Phi) is 6.68. The molecule has 0 aliphatic heterocycles. The van der Waals surface area contributed by atoms with Crippen LogP contribution in [0.2, 0.25) is 5.15 Å². The first-order valence-electron chi connectivity index (χ1n) is 8.33. The highest BCUT2D eigenvalue weighted by Gasteiger charge is 2.16. The summed E-state index contributed by atoms with van der Waals surface area (Å²) in [7, 11) is 1.63. The van der Waals surface area contributed by atoms with E-state index in [1.54, 1.807) is 7.11 Å². The van der Waals surface area contributed by atoms with Crippen LogP contribution in [-0.4, -0.2) is 29.8 Å². The highest BCUT2D eigenvalue weighted by Crippen LogP contribution is 2.29. The van der Waals surface area contributed by atoms with Crippen LogP contribution in [0.1, 0.15) is 15.9 Å². The lowest BCUT2D eigenvalue weighted by atomic mass is 10.1. The van der Waals surface area contributed by atoms with Crippen LogP contribution in [0.15, 0.2) is 70.6 Å². The Balaban J connectivity index is 1.69. The number of methoxy groups -OCH3 is 1. The van der Waals surface area contributed by atoms with Crippen LogP contribution in [0.3, 0.4) is 0 Å². The lowest BCUT2D eigenvalue weighted by Gasteiger charge is -2.11. The third kappa shape index (κ3) is 5.21. The SMILES string of the molecule is COc1ccccc1CCNC(=O)c1cc(Cl)nnc1Sc1ccccc1. The molecule has 138 valence electrons. The van der Waals surface area contributed by atoms with Crippen LogP contribution in [0, 0.1) is 0 Å². The minimum atomic E-state index is -0.236. The molecule has 0 atom stereocenters. The summed E-state index contributed by atoms with van der Waals surface area (Å²) < 4.78 is 5.34. The standard InChI is InChI=1S/C20H18ClN3O2S/c1-26-17-10-6-5-7-14(17)11-12-22-19(25)16-13-18(21)23-24-20(16)27-15-8-3-2-4-9-15/h2-10,13H,11-12H2,1H3,(H,22,25). The van der Waals surface area contributed by atoms with Gasteiger partial charge in [-0.2, -0.15) is 0 Å². The number of carbonyl (C=O) groups excluding carboxylic acids is 1. The summed E-state index contributed by atoms with van der Waals surface area (Å²) in [6.07, 6.45) is 0.656. The van der Waals surface area contributed by atoms with Crippen molar-refractivity contribution in [2.24, 2.45) is 0 Å². The molecule has 3 rings (SSSR count). The van der Waals surface area contributed by atoms with Gasteiger partial charge in [0.05, 0.1) is 12.7 Å². The van der Waals surface area contributed by atoms with Gasteiger partial charge in [-0.05, 0) is 36.2 Å². The topological polar surface area (TPSA) is 64.1 Å². The fourth-order valence-corrected chi connectivity index (χ4v) is 3.52. The van der Waals surface area contributed by atoms with Gasteiger partial charge < -0.3 is 10.1 Å². The lowest BCUT2D eigenvalue weighted by Crippen LogP contribution is -2.26. The third-order valence-electron chi connectivity index (χ3n) is 3.80. The molecule has 2 aromatic carbocycles. The van der Waals surface area contributed by atoms with Crippen molar-refractivity contribution in [3.63, 3.8) is 0 Å². The normalized spacial score (nSPS) is 10.4. The maximum Gasteiger partial charge on any atom is 0.254 e. The monoisotopic (exact) mass is 399 g/mol. The zero-order chi connectivity index (χ0) is 19.1. The Labute approximate surface area is 167 Å². The molecule has 3 aromatic rings. The molecule has 0 radical (unpaired) electrons. The summed E-state index contributed by atoms with van der Waals surface area (Å²) >= 11 is 7.33. The van der Waals surface area contributed by atoms with Gasteiger partial charge in [-0.3, -0.25) is 4.79 Å². The van der Waals surface area contributed by atoms with E-state index in [1.807, 2.05) is 54.6 Å². The molecule has 0 fully saturated rings. The number of benzene rings is 2. The van der Waals surface area contributed by atoms with E-state index in [2.05, 4.69) is 15.5 Å². The summed E-state index contributed by atoms with van der Waals surface area (Å²) in [5.74, 6) is 0.570. The smallest absolute Gasteiger partial charge is 0.254 e. The number of para-hydroxylation sites is 1. The molecule has 27 heavy (non-hydrogen) atoms. The second-order valence-corrected chi connectivity index (χ2v) is 7.07. The summed E-state index contributed by atoms with van der Waals surface area (Å²) in [4.78, 5) is 13.6. The number of hydrogen-bond acceptors (Lipinski definition) is 5. The average molecular weight is 400 g/mol. The fourth-order valence-electron chi connectivity index (χ4n) is 2.51. The van der Waals surface area contributed by atoms with E-state index in [0.717, 1.165) is 16.2 Å². The highest BCUT2D eigenvalue weighted by molar-refractivity contribution is 7.99. The van der Waals surface area contributed by atoms with E-state index >= 15 is 0 Å². The van der Waals surface area contributed by atoms with Gasteiger partial charge in [0, 0.05) is 11.4 Å². The summed E-state index contributed by atoms with van der Waals surface area (Å²) in [6.45, 7) is 0.467. The van der Waals surface area contributed by atoms with E-state index in [-0.39, 0.29) is 11.1 Å². The van der Waals surface area contributed by atoms with Gasteiger partial charge in [0.15, 0.2) is 5.15 Å². The van der Waals surface area contributed by atoms with Crippen LogP contribution in [0.25, 0.3) is 0 Å². The first-order chi connectivity index (χ1) is 13.2. The Morgan fingerprint density at radius 3 is 2.63 bits per heavy atom. The van der Waals surface area contributed by atoms with Crippen LogP contribution in [0.4, 0.5) is 0 Å². The molecule has 5 nitrogen and oxygen atoms in total. The van der Waals surface area contributed by atoms with E-state index in [1.165, 1.54) is 17.8 Å². The van der Waals surface area contributed by atoms with Crippen molar-refractivity contribution in [3.05, 3.63) is 76.9 Å². The Morgan fingerprint density at radius 2 is 1.85 bits per heavy atom. The van der Waals surface area contributed by atoms with Crippen molar-refractivity contribution in [3.8, 4) is 5.75 Å². The third-order valence-corrected chi connectivity index (χ3v) is 4.99. The Bertz CT molecular complexity index is 922. The predicted molar refractivity (Wildman–Crippen MR) is 107 cm³/mol. The molecule has 1 aromatic heterocycles. The predicted octanol–water partition coefficient (Wildman–Crippen LogP) is 4.26. The fraction of sp³-hybridized carbons (Fsp3) is 0.150. The van der Waals surface area contributed by atoms with Gasteiger partial charge in [0.25, 0.3) is 5.91 Å². The summed E-state index contributed by atoms with van der Waals surface area (Å²) in [5, 5.41) is 11.6. The number of aromatic nitrogens is 2. The molecule has 0 saturated carbocycles. The van der Waals surface area contributed by atoms with Gasteiger partial charge in [-0.15, -0.1) is 10.2 Å². The largest absolute Gasteiger partial charge is 0.496 e. The zero-order valence-electron chi connectivity index (χ0n) is 14.7. The van der Waals surface area contributed by atoms with Crippen LogP contribution in [0.5, 0.6) is 5.75 Å². The number of amides is 1. The molecule has 0 spiro atoms. The minimum Gasteiger partial charge on any atom is -0.496 e. The first-order valence-corrected chi connectivity index (χ1v) is 9.53. The van der Waals surface area contributed by atoms with E-state index in [0.29, 0.717) is 23.6 Å². The molecule has 1 heterocycles. The number of ether oxygens (including phenoxy) is 1. The molecule has 1 amide bonds. The van der Waals surface area contributed by atoms with Crippen molar-refractivity contribution >= 4 is 29.3 Å². The van der Waals surface area contributed by atoms with Crippen molar-refractivity contribution in [2.75, 3.05) is 13.7 Å². The molecule has 1 N–H and O–H groups in total. The zero-order valence-corrected chi connectivity index (χ0v) is 16.3. The molecule has 0 saturated heterocycles. The van der Waals surface area contributed by atoms with Gasteiger partial charge in [0.1, 0.15) is 10.8 Å². The molecular weight excluding hydrogens is 382 g/mol. The maximum absolute atomic E-state index is 12.7. The maximum atomic E-state index is 12.7. The number of nitrogens with one attached hydrogen (secondary N) is 1. The van der Waals surface area contributed by atoms with Gasteiger partial charge >= 0.3 is 0 Å². The lowest BCUT2D eigenvalue weighted by molar-refractivity contribution is 0.0950.